The van der Waals surface area contributed by atoms with Gasteiger partial charge in [0.25, 0.3) is 0 Å². The molecule has 0 bridgehead atoms. The van der Waals surface area contributed by atoms with Crippen LogP contribution >= 0.6 is 0 Å². The minimum atomic E-state index is -0.914. The minimum Gasteiger partial charge on any atom is -0.481 e. The Morgan fingerprint density at radius 2 is 2.09 bits per heavy atom. The van der Waals surface area contributed by atoms with Gasteiger partial charge in [-0.05, 0) is 24.1 Å². The van der Waals surface area contributed by atoms with E-state index in [1.165, 1.54) is 10.5 Å². The first kappa shape index (κ1) is 16.3. The van der Waals surface area contributed by atoms with Crippen LogP contribution in [0.25, 0.3) is 0 Å². The first-order valence-electron chi connectivity index (χ1n) is 7.40. The second-order valence-electron chi connectivity index (χ2n) is 5.73. The lowest BCUT2D eigenvalue weighted by Crippen LogP contribution is -2.36. The van der Waals surface area contributed by atoms with Gasteiger partial charge < -0.3 is 20.1 Å². The molecule has 6 heteroatoms. The molecule has 0 radical (unpaired) electrons. The largest absolute Gasteiger partial charge is 0.481 e. The highest BCUT2D eigenvalue weighted by Gasteiger charge is 2.19. The Balaban J connectivity index is 1.89. The molecule has 2 atom stereocenters. The highest BCUT2D eigenvalue weighted by atomic mass is 16.5. The number of carboxylic acids is 1. The van der Waals surface area contributed by atoms with Gasteiger partial charge in [-0.3, -0.25) is 4.79 Å². The van der Waals surface area contributed by atoms with E-state index >= 15 is 0 Å². The number of hydrogen-bond acceptors (Lipinski definition) is 3. The van der Waals surface area contributed by atoms with Gasteiger partial charge in [0, 0.05) is 31.8 Å². The van der Waals surface area contributed by atoms with Crippen LogP contribution in [0.5, 0.6) is 0 Å². The van der Waals surface area contributed by atoms with Gasteiger partial charge in [-0.15, -0.1) is 0 Å². The third-order valence-electron chi connectivity index (χ3n) is 3.88. The van der Waals surface area contributed by atoms with Gasteiger partial charge in [0.15, 0.2) is 0 Å². The number of amides is 2. The van der Waals surface area contributed by atoms with E-state index in [2.05, 4.69) is 5.32 Å². The van der Waals surface area contributed by atoms with Gasteiger partial charge in [0.1, 0.15) is 0 Å². The van der Waals surface area contributed by atoms with Crippen LogP contribution in [0.4, 0.5) is 10.5 Å². The van der Waals surface area contributed by atoms with Crippen molar-refractivity contribution in [3.63, 3.8) is 0 Å². The highest BCUT2D eigenvalue weighted by Crippen LogP contribution is 2.26. The summed E-state index contributed by atoms with van der Waals surface area (Å²) in [5, 5.41) is 11.6. The summed E-state index contributed by atoms with van der Waals surface area (Å²) >= 11 is 0. The summed E-state index contributed by atoms with van der Waals surface area (Å²) in [7, 11) is 1.58. The van der Waals surface area contributed by atoms with Crippen LogP contribution in [0.15, 0.2) is 24.3 Å². The fourth-order valence-electron chi connectivity index (χ4n) is 2.43. The maximum absolute atomic E-state index is 12.0. The molecule has 2 amide bonds. The summed E-state index contributed by atoms with van der Waals surface area (Å²) in [5.74, 6) is -1.08. The van der Waals surface area contributed by atoms with Gasteiger partial charge in [-0.1, -0.05) is 19.1 Å². The van der Waals surface area contributed by atoms with Crippen LogP contribution in [-0.2, 0) is 9.53 Å². The molecule has 0 aliphatic carbocycles. The Morgan fingerprint density at radius 3 is 2.64 bits per heavy atom. The molecule has 1 aromatic rings. The van der Waals surface area contributed by atoms with E-state index in [0.717, 1.165) is 19.6 Å². The van der Waals surface area contributed by atoms with Crippen molar-refractivity contribution < 1.29 is 19.4 Å². The third-order valence-corrected chi connectivity index (χ3v) is 3.88. The molecule has 1 saturated heterocycles. The zero-order valence-electron chi connectivity index (χ0n) is 12.9. The van der Waals surface area contributed by atoms with Crippen molar-refractivity contribution in [1.82, 2.24) is 4.90 Å². The Bertz CT molecular complexity index is 523. The van der Waals surface area contributed by atoms with Crippen LogP contribution in [-0.4, -0.2) is 48.8 Å². The van der Waals surface area contributed by atoms with E-state index in [4.69, 9.17) is 9.84 Å². The Morgan fingerprint density at radius 1 is 1.41 bits per heavy atom. The average Bonchev–Trinajstić information content (AvgIpc) is 3.02. The number of rotatable bonds is 5. The molecule has 2 rings (SSSR count). The fraction of sp³-hybridized carbons (Fsp3) is 0.500. The number of nitrogens with zero attached hydrogens (tertiary/aromatic N) is 1. The second-order valence-corrected chi connectivity index (χ2v) is 5.73. The summed E-state index contributed by atoms with van der Waals surface area (Å²) in [6.07, 6.45) is 1.03. The van der Waals surface area contributed by atoms with E-state index in [0.29, 0.717) is 11.6 Å². The summed E-state index contributed by atoms with van der Waals surface area (Å²) in [5.41, 5.74) is 1.91. The van der Waals surface area contributed by atoms with Gasteiger partial charge in [0.2, 0.25) is 0 Å². The van der Waals surface area contributed by atoms with Crippen molar-refractivity contribution in [3.8, 4) is 0 Å². The van der Waals surface area contributed by atoms with E-state index in [1.54, 1.807) is 14.0 Å². The first-order chi connectivity index (χ1) is 10.5. The molecule has 0 saturated carbocycles. The molecule has 2 unspecified atom stereocenters. The van der Waals surface area contributed by atoms with Crippen molar-refractivity contribution in [2.24, 2.45) is 5.92 Å². The molecular weight excluding hydrogens is 284 g/mol. The quantitative estimate of drug-likeness (QED) is 0.875. The normalized spacial score (nSPS) is 18.7. The topological polar surface area (TPSA) is 78.9 Å². The highest BCUT2D eigenvalue weighted by molar-refractivity contribution is 5.89. The molecule has 1 aromatic carbocycles. The maximum Gasteiger partial charge on any atom is 0.321 e. The van der Waals surface area contributed by atoms with Crippen molar-refractivity contribution in [1.29, 1.82) is 0 Å². The predicted molar refractivity (Wildman–Crippen MR) is 83.1 cm³/mol. The molecule has 0 aromatic heterocycles. The number of nitrogens with one attached hydrogen (secondary N) is 1. The molecule has 120 valence electrons. The SMILES string of the molecule is CC(CN(C)C(=O)Nc1ccc(C2CCOC2)cc1)C(=O)O. The van der Waals surface area contributed by atoms with Crippen molar-refractivity contribution in [3.05, 3.63) is 29.8 Å². The van der Waals surface area contributed by atoms with Gasteiger partial charge in [0.05, 0.1) is 12.5 Å². The first-order valence-corrected chi connectivity index (χ1v) is 7.40. The number of benzene rings is 1. The van der Waals surface area contributed by atoms with Crippen molar-refractivity contribution in [2.45, 2.75) is 19.3 Å². The lowest BCUT2D eigenvalue weighted by atomic mass is 9.98. The summed E-state index contributed by atoms with van der Waals surface area (Å²) < 4.78 is 5.37. The van der Waals surface area contributed by atoms with Crippen LogP contribution in [0.3, 0.4) is 0 Å². The summed E-state index contributed by atoms with van der Waals surface area (Å²) in [4.78, 5) is 24.2. The molecule has 0 spiro atoms. The molecule has 1 fully saturated rings. The number of urea groups is 1. The van der Waals surface area contributed by atoms with Gasteiger partial charge in [-0.2, -0.15) is 0 Å². The molecule has 2 N–H and O–H groups in total. The zero-order valence-corrected chi connectivity index (χ0v) is 12.9. The number of anilines is 1. The summed E-state index contributed by atoms with van der Waals surface area (Å²) in [6.45, 7) is 3.29. The molecule has 6 nitrogen and oxygen atoms in total. The van der Waals surface area contributed by atoms with Gasteiger partial charge in [-0.25, -0.2) is 4.79 Å². The lowest BCUT2D eigenvalue weighted by molar-refractivity contribution is -0.141. The molecule has 1 aliphatic heterocycles. The molecule has 1 heterocycles. The number of carbonyl (C=O) groups excluding carboxylic acids is 1. The Hall–Kier alpha value is -2.08. The van der Waals surface area contributed by atoms with Crippen molar-refractivity contribution >= 4 is 17.7 Å². The smallest absolute Gasteiger partial charge is 0.321 e. The Labute approximate surface area is 130 Å². The maximum atomic E-state index is 12.0. The van der Waals surface area contributed by atoms with Crippen LogP contribution in [0.2, 0.25) is 0 Å². The number of hydrogen-bond donors (Lipinski definition) is 2. The number of ether oxygens (including phenoxy) is 1. The van der Waals surface area contributed by atoms with E-state index in [9.17, 15) is 9.59 Å². The standard InChI is InChI=1S/C16H22N2O4/c1-11(15(19)20)9-18(2)16(21)17-14-5-3-12(4-6-14)13-7-8-22-10-13/h3-6,11,13H,7-10H2,1-2H3,(H,17,21)(H,19,20). The van der Waals surface area contributed by atoms with E-state index in [1.807, 2.05) is 24.3 Å². The minimum absolute atomic E-state index is 0.165. The van der Waals surface area contributed by atoms with Crippen molar-refractivity contribution in [2.75, 3.05) is 32.1 Å². The predicted octanol–water partition coefficient (Wildman–Crippen LogP) is 2.37. The fourth-order valence-corrected chi connectivity index (χ4v) is 2.43. The Kier molecular flexibility index (Phi) is 5.38. The monoisotopic (exact) mass is 306 g/mol. The molecule has 22 heavy (non-hydrogen) atoms. The number of carbonyl (C=O) groups is 2. The van der Waals surface area contributed by atoms with E-state index < -0.39 is 11.9 Å². The number of carboxylic acid groups (broad SMARTS) is 1. The second kappa shape index (κ2) is 7.26. The zero-order chi connectivity index (χ0) is 16.1. The van der Waals surface area contributed by atoms with Crippen LogP contribution < -0.4 is 5.32 Å². The third kappa shape index (κ3) is 4.21. The van der Waals surface area contributed by atoms with Gasteiger partial charge >= 0.3 is 12.0 Å². The molecule has 1 aliphatic rings. The lowest BCUT2D eigenvalue weighted by Gasteiger charge is -2.20. The molecular formula is C16H22N2O4. The van der Waals surface area contributed by atoms with Crippen LogP contribution in [0, 0.1) is 5.92 Å². The summed E-state index contributed by atoms with van der Waals surface area (Å²) in [6, 6.07) is 7.40. The van der Waals surface area contributed by atoms with Crippen LogP contribution in [0.1, 0.15) is 24.8 Å². The van der Waals surface area contributed by atoms with E-state index in [-0.39, 0.29) is 12.6 Å². The average molecular weight is 306 g/mol. The number of aliphatic carboxylic acids is 1.